The fourth-order valence-corrected chi connectivity index (χ4v) is 8.26. The van der Waals surface area contributed by atoms with E-state index in [1.54, 1.807) is 18.2 Å². The highest BCUT2D eigenvalue weighted by atomic mass is 32.2. The average molecular weight is 845 g/mol. The second kappa shape index (κ2) is 20.4. The van der Waals surface area contributed by atoms with Crippen molar-refractivity contribution in [3.05, 3.63) is 180 Å². The number of aromatic nitrogens is 1. The molecule has 11 heteroatoms. The lowest BCUT2D eigenvalue weighted by atomic mass is 9.97. The molecule has 1 fully saturated rings. The molecule has 10 nitrogen and oxygen atoms in total. The Bertz CT molecular complexity index is 2510. The lowest BCUT2D eigenvalue weighted by Crippen LogP contribution is -2.31. The first-order valence-corrected chi connectivity index (χ1v) is 21.7. The Morgan fingerprint density at radius 3 is 2.11 bits per heavy atom. The van der Waals surface area contributed by atoms with Crippen LogP contribution in [-0.2, 0) is 32.2 Å². The van der Waals surface area contributed by atoms with Crippen LogP contribution >= 0.6 is 11.8 Å². The van der Waals surface area contributed by atoms with E-state index in [9.17, 15) is 14.7 Å². The quantitative estimate of drug-likeness (QED) is 0.0551. The fourth-order valence-electron chi connectivity index (χ4n) is 7.42. The zero-order valence-electron chi connectivity index (χ0n) is 34.1. The normalized spacial score (nSPS) is 16.1. The Labute approximate surface area is 365 Å². The number of amides is 2. The second-order valence-electron chi connectivity index (χ2n) is 15.1. The zero-order valence-corrected chi connectivity index (χ0v) is 34.9. The maximum atomic E-state index is 12.8. The Morgan fingerprint density at radius 2 is 1.37 bits per heavy atom. The zero-order chi connectivity index (χ0) is 42.7. The smallest absolute Gasteiger partial charge is 0.256 e. The first-order chi connectivity index (χ1) is 30.4. The minimum Gasteiger partial charge on any atom is -0.431 e. The third-order valence-corrected chi connectivity index (χ3v) is 11.7. The molecule has 8 rings (SSSR count). The minimum absolute atomic E-state index is 0.0308. The van der Waals surface area contributed by atoms with E-state index in [2.05, 4.69) is 10.6 Å². The Morgan fingerprint density at radius 1 is 0.710 bits per heavy atom. The number of ether oxygens (including phenoxy) is 2. The highest BCUT2D eigenvalue weighted by Crippen LogP contribution is 2.41. The van der Waals surface area contributed by atoms with E-state index in [0.29, 0.717) is 41.7 Å². The van der Waals surface area contributed by atoms with Crippen LogP contribution in [0.3, 0.4) is 0 Å². The first-order valence-electron chi connectivity index (χ1n) is 20.7. The monoisotopic (exact) mass is 844 g/mol. The molecule has 3 atom stereocenters. The van der Waals surface area contributed by atoms with E-state index in [1.165, 1.54) is 11.8 Å². The van der Waals surface area contributed by atoms with E-state index in [0.717, 1.165) is 56.0 Å². The lowest BCUT2D eigenvalue weighted by Gasteiger charge is -2.36. The van der Waals surface area contributed by atoms with Gasteiger partial charge in [-0.25, -0.2) is 4.98 Å². The van der Waals surface area contributed by atoms with Crippen LogP contribution in [0.2, 0.25) is 0 Å². The van der Waals surface area contributed by atoms with Gasteiger partial charge in [-0.15, -0.1) is 0 Å². The summed E-state index contributed by atoms with van der Waals surface area (Å²) < 4.78 is 19.8. The standard InChI is InChI=1S/C51H48N4O6S/c52-43-18-9-10-19-44(43)54-47(58)21-11-20-46(57)53-31-40-16-7-8-17-42(40)35-26-28-39(29-27-35)50-59-41(30-45(60-50)36-24-22-34(32-56)23-25-36)33-62-51-55-48(37-12-3-1-4-13-37)49(61-51)38-14-5-2-6-15-38/h1-10,12-19,22-29,41,45,50,56H,11,20-21,30-33,52H2,(H,53,57)(H,54,58). The first kappa shape index (κ1) is 42.2. The van der Waals surface area contributed by atoms with Crippen molar-refractivity contribution in [3.8, 4) is 33.7 Å². The van der Waals surface area contributed by atoms with E-state index in [1.807, 2.05) is 140 Å². The van der Waals surface area contributed by atoms with Crippen molar-refractivity contribution < 1.29 is 28.6 Å². The predicted octanol–water partition coefficient (Wildman–Crippen LogP) is 10.5. The summed E-state index contributed by atoms with van der Waals surface area (Å²) in [4.78, 5) is 30.2. The van der Waals surface area contributed by atoms with Crippen molar-refractivity contribution in [3.63, 3.8) is 0 Å². The van der Waals surface area contributed by atoms with Crippen LogP contribution in [0, 0.1) is 0 Å². The Kier molecular flexibility index (Phi) is 13.9. The van der Waals surface area contributed by atoms with Gasteiger partial charge in [-0.05, 0) is 46.4 Å². The van der Waals surface area contributed by atoms with Crippen molar-refractivity contribution in [2.75, 3.05) is 16.8 Å². The van der Waals surface area contributed by atoms with Crippen LogP contribution in [0.4, 0.5) is 11.4 Å². The third-order valence-electron chi connectivity index (χ3n) is 10.7. The number of rotatable bonds is 16. The molecule has 3 unspecified atom stereocenters. The van der Waals surface area contributed by atoms with Crippen LogP contribution in [0.1, 0.15) is 60.3 Å². The van der Waals surface area contributed by atoms with E-state index in [4.69, 9.17) is 24.6 Å². The van der Waals surface area contributed by atoms with Gasteiger partial charge in [0.25, 0.3) is 5.22 Å². The number of carbonyl (C=O) groups excluding carboxylic acids is 2. The average Bonchev–Trinajstić information content (AvgIpc) is 3.76. The maximum Gasteiger partial charge on any atom is 0.256 e. The molecule has 1 saturated heterocycles. The fraction of sp³-hybridized carbons (Fsp3) is 0.196. The Hall–Kier alpha value is -6.50. The van der Waals surface area contributed by atoms with Crippen LogP contribution in [0.5, 0.6) is 0 Å². The van der Waals surface area contributed by atoms with Crippen LogP contribution < -0.4 is 16.4 Å². The molecule has 2 heterocycles. The van der Waals surface area contributed by atoms with Crippen molar-refractivity contribution >= 4 is 35.0 Å². The molecule has 0 spiro atoms. The topological polar surface area (TPSA) is 149 Å². The number of aliphatic hydroxyl groups is 1. The molecule has 1 aliphatic rings. The largest absolute Gasteiger partial charge is 0.431 e. The second-order valence-corrected chi connectivity index (χ2v) is 16.1. The number of nitrogens with zero attached hydrogens (tertiary/aromatic N) is 1. The van der Waals surface area contributed by atoms with Crippen LogP contribution in [0.15, 0.2) is 167 Å². The summed E-state index contributed by atoms with van der Waals surface area (Å²) in [6.07, 6.45) is 0.374. The van der Waals surface area contributed by atoms with Crippen molar-refractivity contribution in [2.24, 2.45) is 0 Å². The summed E-state index contributed by atoms with van der Waals surface area (Å²) in [7, 11) is 0. The van der Waals surface area contributed by atoms with Gasteiger partial charge in [0.1, 0.15) is 5.69 Å². The van der Waals surface area contributed by atoms with E-state index in [-0.39, 0.29) is 43.5 Å². The van der Waals surface area contributed by atoms with Gasteiger partial charge >= 0.3 is 0 Å². The predicted molar refractivity (Wildman–Crippen MR) is 244 cm³/mol. The number of carbonyl (C=O) groups is 2. The number of nitrogens with one attached hydrogen (secondary N) is 2. The van der Waals surface area contributed by atoms with Gasteiger partial charge in [0.15, 0.2) is 12.1 Å². The number of para-hydroxylation sites is 2. The SMILES string of the molecule is Nc1ccccc1NC(=O)CCCC(=O)NCc1ccccc1-c1ccc(C2OC(CSc3nc(-c4ccccc4)c(-c4ccccc4)o3)CC(c3ccc(CO)cc3)O2)cc1. The van der Waals surface area contributed by atoms with Gasteiger partial charge in [0, 0.05) is 48.3 Å². The van der Waals surface area contributed by atoms with Gasteiger partial charge in [0.2, 0.25) is 11.8 Å². The van der Waals surface area contributed by atoms with E-state index >= 15 is 0 Å². The molecule has 1 aromatic heterocycles. The number of anilines is 2. The summed E-state index contributed by atoms with van der Waals surface area (Å²) in [5.74, 6) is 0.999. The molecule has 5 N–H and O–H groups in total. The number of oxazole rings is 1. The summed E-state index contributed by atoms with van der Waals surface area (Å²) >= 11 is 1.52. The molecule has 314 valence electrons. The summed E-state index contributed by atoms with van der Waals surface area (Å²) in [6, 6.07) is 51.2. The molecule has 0 aliphatic carbocycles. The molecule has 7 aromatic rings. The third kappa shape index (κ3) is 10.7. The molecule has 62 heavy (non-hydrogen) atoms. The molecule has 0 bridgehead atoms. The minimum atomic E-state index is -0.642. The van der Waals surface area contributed by atoms with Gasteiger partial charge in [-0.3, -0.25) is 9.59 Å². The maximum absolute atomic E-state index is 12.8. The number of nitrogens with two attached hydrogens (primary N) is 1. The van der Waals surface area contributed by atoms with Crippen molar-refractivity contribution in [1.82, 2.24) is 10.3 Å². The van der Waals surface area contributed by atoms with Crippen LogP contribution in [-0.4, -0.2) is 33.8 Å². The van der Waals surface area contributed by atoms with Crippen molar-refractivity contribution in [1.29, 1.82) is 0 Å². The molecule has 2 amide bonds. The highest BCUT2D eigenvalue weighted by molar-refractivity contribution is 7.99. The number of hydrogen-bond donors (Lipinski definition) is 4. The number of thioether (sulfide) groups is 1. The van der Waals surface area contributed by atoms with Gasteiger partial charge in [-0.2, -0.15) is 0 Å². The summed E-state index contributed by atoms with van der Waals surface area (Å²) in [5, 5.41) is 16.1. The Balaban J connectivity index is 0.934. The van der Waals surface area contributed by atoms with E-state index < -0.39 is 6.29 Å². The number of nitrogen functional groups attached to an aromatic ring is 1. The van der Waals surface area contributed by atoms with Crippen molar-refractivity contribution in [2.45, 2.75) is 62.6 Å². The summed E-state index contributed by atoms with van der Waals surface area (Å²) in [5.41, 5.74) is 15.4. The molecule has 1 aliphatic heterocycles. The highest BCUT2D eigenvalue weighted by Gasteiger charge is 2.33. The number of aliphatic hydroxyl groups excluding tert-OH is 1. The van der Waals surface area contributed by atoms with Crippen LogP contribution in [0.25, 0.3) is 33.7 Å². The van der Waals surface area contributed by atoms with Gasteiger partial charge in [0.05, 0.1) is 30.2 Å². The van der Waals surface area contributed by atoms with Gasteiger partial charge in [-0.1, -0.05) is 157 Å². The number of hydrogen-bond acceptors (Lipinski definition) is 9. The molecule has 0 radical (unpaired) electrons. The molecule has 0 saturated carbocycles. The molecular weight excluding hydrogens is 797 g/mol. The number of benzene rings is 6. The summed E-state index contributed by atoms with van der Waals surface area (Å²) in [6.45, 7) is 0.315. The molecular formula is C51H48N4O6S. The lowest BCUT2D eigenvalue weighted by molar-refractivity contribution is -0.245. The van der Waals surface area contributed by atoms with Gasteiger partial charge < -0.3 is 35.4 Å². The molecule has 6 aromatic carbocycles.